The summed E-state index contributed by atoms with van der Waals surface area (Å²) >= 11 is 1.17. The molecule has 0 atom stereocenters. The van der Waals surface area contributed by atoms with Gasteiger partial charge in [0.25, 0.3) is 5.91 Å². The second-order valence-corrected chi connectivity index (χ2v) is 6.69. The summed E-state index contributed by atoms with van der Waals surface area (Å²) in [6.07, 6.45) is 1.60. The molecule has 9 heteroatoms. The van der Waals surface area contributed by atoms with Crippen molar-refractivity contribution in [2.75, 3.05) is 19.0 Å². The number of methoxy groups -OCH3 is 1. The van der Waals surface area contributed by atoms with Crippen LogP contribution in [0.3, 0.4) is 0 Å². The number of halogens is 2. The molecule has 156 valence electrons. The molecular weight excluding hydrogens is 414 g/mol. The maximum Gasteiger partial charge on any atom is 0.387 e. The zero-order chi connectivity index (χ0) is 21.5. The molecule has 1 N–H and O–H groups in total. The third-order valence-corrected chi connectivity index (χ3v) is 4.64. The number of alkyl halides is 2. The molecular formula is C21H18F2N2O4S. The highest BCUT2D eigenvalue weighted by atomic mass is 32.1. The van der Waals surface area contributed by atoms with Crippen LogP contribution >= 0.6 is 11.3 Å². The Balaban J connectivity index is 1.76. The summed E-state index contributed by atoms with van der Waals surface area (Å²) in [5, 5.41) is 4.65. The molecule has 1 amide bonds. The number of thiazole rings is 1. The van der Waals surface area contributed by atoms with Gasteiger partial charge in [0.05, 0.1) is 12.8 Å². The van der Waals surface area contributed by atoms with Crippen LogP contribution in [0, 0.1) is 0 Å². The minimum atomic E-state index is -2.95. The van der Waals surface area contributed by atoms with E-state index in [0.717, 1.165) is 0 Å². The number of anilines is 1. The SMILES string of the molecule is C=CCOc1ccc(C(=O)Nc2nc(-c3ccccc3OC(F)F)cs2)cc1OC. The molecule has 0 saturated heterocycles. The summed E-state index contributed by atoms with van der Waals surface area (Å²) in [6, 6.07) is 11.1. The van der Waals surface area contributed by atoms with Crippen LogP contribution in [0.5, 0.6) is 17.2 Å². The maximum absolute atomic E-state index is 12.6. The van der Waals surface area contributed by atoms with Crippen molar-refractivity contribution < 1.29 is 27.8 Å². The van der Waals surface area contributed by atoms with Crippen molar-refractivity contribution in [3.8, 4) is 28.5 Å². The molecule has 0 aliphatic rings. The molecule has 0 aliphatic heterocycles. The number of carbonyl (C=O) groups excluding carboxylic acids is 1. The van der Waals surface area contributed by atoms with Crippen molar-refractivity contribution >= 4 is 22.4 Å². The van der Waals surface area contributed by atoms with Gasteiger partial charge in [0.2, 0.25) is 0 Å². The van der Waals surface area contributed by atoms with E-state index in [1.165, 1.54) is 24.5 Å². The first-order valence-electron chi connectivity index (χ1n) is 8.74. The number of hydrogen-bond donors (Lipinski definition) is 1. The molecule has 0 fully saturated rings. The fourth-order valence-electron chi connectivity index (χ4n) is 2.58. The Bertz CT molecular complexity index is 1040. The first kappa shape index (κ1) is 21.3. The van der Waals surface area contributed by atoms with Gasteiger partial charge in [-0.25, -0.2) is 4.98 Å². The van der Waals surface area contributed by atoms with Gasteiger partial charge in [-0.1, -0.05) is 24.8 Å². The first-order chi connectivity index (χ1) is 14.5. The molecule has 3 rings (SSSR count). The van der Waals surface area contributed by atoms with Crippen LogP contribution in [0.1, 0.15) is 10.4 Å². The molecule has 0 unspecified atom stereocenters. The Kier molecular flexibility index (Phi) is 6.97. The highest BCUT2D eigenvalue weighted by Gasteiger charge is 2.16. The Hall–Kier alpha value is -3.46. The molecule has 0 aliphatic carbocycles. The molecule has 1 heterocycles. The van der Waals surface area contributed by atoms with E-state index in [0.29, 0.717) is 40.1 Å². The number of hydrogen-bond acceptors (Lipinski definition) is 6. The second-order valence-electron chi connectivity index (χ2n) is 5.83. The van der Waals surface area contributed by atoms with Gasteiger partial charge in [-0.15, -0.1) is 11.3 Å². The molecule has 2 aromatic carbocycles. The zero-order valence-electron chi connectivity index (χ0n) is 15.9. The van der Waals surface area contributed by atoms with E-state index in [2.05, 4.69) is 21.6 Å². The highest BCUT2D eigenvalue weighted by Crippen LogP contribution is 2.33. The summed E-state index contributed by atoms with van der Waals surface area (Å²) in [6.45, 7) is 0.946. The van der Waals surface area contributed by atoms with E-state index in [4.69, 9.17) is 9.47 Å². The average Bonchev–Trinajstić information content (AvgIpc) is 3.20. The predicted molar refractivity (Wildman–Crippen MR) is 111 cm³/mol. The lowest BCUT2D eigenvalue weighted by molar-refractivity contribution is -0.0494. The number of rotatable bonds is 9. The first-order valence-corrected chi connectivity index (χ1v) is 9.62. The van der Waals surface area contributed by atoms with Crippen LogP contribution in [0.4, 0.5) is 13.9 Å². The smallest absolute Gasteiger partial charge is 0.387 e. The van der Waals surface area contributed by atoms with E-state index in [1.54, 1.807) is 47.9 Å². The molecule has 0 radical (unpaired) electrons. The Labute approximate surface area is 175 Å². The predicted octanol–water partition coefficient (Wildman–Crippen LogP) is 5.24. The standard InChI is InChI=1S/C21H18F2N2O4S/c1-3-10-28-17-9-8-13(11-18(17)27-2)19(26)25-21-24-15(12-30-21)14-6-4-5-7-16(14)29-20(22)23/h3-9,11-12,20H,1,10H2,2H3,(H,24,25,26). The van der Waals surface area contributed by atoms with Crippen LogP contribution in [0.15, 0.2) is 60.5 Å². The largest absolute Gasteiger partial charge is 0.493 e. The maximum atomic E-state index is 12.6. The van der Waals surface area contributed by atoms with Crippen LogP contribution in [0.2, 0.25) is 0 Å². The number of ether oxygens (including phenoxy) is 3. The lowest BCUT2D eigenvalue weighted by atomic mass is 10.1. The Morgan fingerprint density at radius 1 is 1.23 bits per heavy atom. The quantitative estimate of drug-likeness (QED) is 0.469. The minimum Gasteiger partial charge on any atom is -0.493 e. The summed E-state index contributed by atoms with van der Waals surface area (Å²) in [5.74, 6) is 0.501. The van der Waals surface area contributed by atoms with Crippen molar-refractivity contribution in [1.82, 2.24) is 4.98 Å². The van der Waals surface area contributed by atoms with Crippen LogP contribution in [0.25, 0.3) is 11.3 Å². The fourth-order valence-corrected chi connectivity index (χ4v) is 3.28. The van der Waals surface area contributed by atoms with Crippen LogP contribution in [-0.2, 0) is 0 Å². The topological polar surface area (TPSA) is 69.7 Å². The monoisotopic (exact) mass is 432 g/mol. The number of amides is 1. The normalized spacial score (nSPS) is 10.5. The van der Waals surface area contributed by atoms with E-state index in [-0.39, 0.29) is 5.75 Å². The van der Waals surface area contributed by atoms with E-state index in [1.807, 2.05) is 0 Å². The fraction of sp³-hybridized carbons (Fsp3) is 0.143. The van der Waals surface area contributed by atoms with E-state index < -0.39 is 12.5 Å². The minimum absolute atomic E-state index is 0.00975. The van der Waals surface area contributed by atoms with Crippen molar-refractivity contribution in [2.24, 2.45) is 0 Å². The van der Waals surface area contributed by atoms with Crippen LogP contribution in [-0.4, -0.2) is 31.2 Å². The molecule has 0 bridgehead atoms. The third-order valence-electron chi connectivity index (χ3n) is 3.89. The molecule has 3 aromatic rings. The molecule has 0 spiro atoms. The Morgan fingerprint density at radius 3 is 2.77 bits per heavy atom. The average molecular weight is 432 g/mol. The summed E-state index contributed by atoms with van der Waals surface area (Å²) in [7, 11) is 1.48. The number of para-hydroxylation sites is 1. The lowest BCUT2D eigenvalue weighted by Gasteiger charge is -2.10. The second kappa shape index (κ2) is 9.84. The molecule has 6 nitrogen and oxygen atoms in total. The number of nitrogens with zero attached hydrogens (tertiary/aromatic N) is 1. The number of carbonyl (C=O) groups is 1. The summed E-state index contributed by atoms with van der Waals surface area (Å²) in [4.78, 5) is 16.9. The zero-order valence-corrected chi connectivity index (χ0v) is 16.7. The lowest BCUT2D eigenvalue weighted by Crippen LogP contribution is -2.12. The van der Waals surface area contributed by atoms with Gasteiger partial charge in [0.15, 0.2) is 16.6 Å². The van der Waals surface area contributed by atoms with Gasteiger partial charge >= 0.3 is 6.61 Å². The van der Waals surface area contributed by atoms with Gasteiger partial charge < -0.3 is 14.2 Å². The van der Waals surface area contributed by atoms with Crippen LogP contribution < -0.4 is 19.5 Å². The number of nitrogens with one attached hydrogen (secondary N) is 1. The Morgan fingerprint density at radius 2 is 2.03 bits per heavy atom. The summed E-state index contributed by atoms with van der Waals surface area (Å²) in [5.41, 5.74) is 1.16. The summed E-state index contributed by atoms with van der Waals surface area (Å²) < 4.78 is 40.5. The third kappa shape index (κ3) is 5.12. The van der Waals surface area contributed by atoms with Gasteiger partial charge in [-0.05, 0) is 30.3 Å². The van der Waals surface area contributed by atoms with Crippen molar-refractivity contribution in [3.05, 3.63) is 66.1 Å². The van der Waals surface area contributed by atoms with Crippen molar-refractivity contribution in [2.45, 2.75) is 6.61 Å². The van der Waals surface area contributed by atoms with E-state index >= 15 is 0 Å². The number of benzene rings is 2. The number of aromatic nitrogens is 1. The van der Waals surface area contributed by atoms with E-state index in [9.17, 15) is 13.6 Å². The molecule has 1 aromatic heterocycles. The van der Waals surface area contributed by atoms with Crippen molar-refractivity contribution in [3.63, 3.8) is 0 Å². The van der Waals surface area contributed by atoms with Crippen molar-refractivity contribution in [1.29, 1.82) is 0 Å². The van der Waals surface area contributed by atoms with Gasteiger partial charge in [0.1, 0.15) is 12.4 Å². The van der Waals surface area contributed by atoms with Gasteiger partial charge in [-0.3, -0.25) is 10.1 Å². The highest BCUT2D eigenvalue weighted by molar-refractivity contribution is 7.14. The van der Waals surface area contributed by atoms with Gasteiger partial charge in [0, 0.05) is 16.5 Å². The molecule has 0 saturated carbocycles. The molecule has 30 heavy (non-hydrogen) atoms. The van der Waals surface area contributed by atoms with Gasteiger partial charge in [-0.2, -0.15) is 8.78 Å².